The molecular formula is C10H15F3N4O3. The minimum absolute atomic E-state index is 0.0437. The number of rotatable bonds is 8. The molecular weight excluding hydrogens is 281 g/mol. The minimum Gasteiger partial charge on any atom is -0.475 e. The molecule has 7 nitrogen and oxygen atoms in total. The summed E-state index contributed by atoms with van der Waals surface area (Å²) < 4.78 is 52.6. The van der Waals surface area contributed by atoms with Crippen LogP contribution in [-0.4, -0.2) is 43.5 Å². The second-order valence-electron chi connectivity index (χ2n) is 3.51. The molecule has 0 bridgehead atoms. The van der Waals surface area contributed by atoms with Crippen LogP contribution in [0.15, 0.2) is 6.07 Å². The van der Waals surface area contributed by atoms with Gasteiger partial charge in [0.25, 0.3) is 0 Å². The largest absolute Gasteiger partial charge is 0.475 e. The van der Waals surface area contributed by atoms with Crippen LogP contribution in [0.5, 0.6) is 5.88 Å². The minimum atomic E-state index is -4.61. The van der Waals surface area contributed by atoms with Crippen molar-refractivity contribution in [3.05, 3.63) is 11.8 Å². The summed E-state index contributed by atoms with van der Waals surface area (Å²) in [6.45, 7) is 1.03. The van der Waals surface area contributed by atoms with Gasteiger partial charge in [-0.05, 0) is 0 Å². The van der Waals surface area contributed by atoms with Crippen LogP contribution in [0.4, 0.5) is 19.1 Å². The standard InChI is InChI=1S/C10H15F3N4O3/c1-18-2-3-19-4-5-20-8-6-7(10(11,12)13)15-9(16-8)17-14/h6H,2-5,14H2,1H3,(H,15,16,17). The monoisotopic (exact) mass is 296 g/mol. The van der Waals surface area contributed by atoms with Crippen molar-refractivity contribution in [3.8, 4) is 5.88 Å². The number of anilines is 1. The highest BCUT2D eigenvalue weighted by Gasteiger charge is 2.34. The lowest BCUT2D eigenvalue weighted by molar-refractivity contribution is -0.141. The fourth-order valence-electron chi connectivity index (χ4n) is 1.16. The molecule has 0 aliphatic heterocycles. The molecule has 0 aliphatic carbocycles. The summed E-state index contributed by atoms with van der Waals surface area (Å²) in [5, 5.41) is 0. The Morgan fingerprint density at radius 3 is 2.50 bits per heavy atom. The van der Waals surface area contributed by atoms with E-state index in [2.05, 4.69) is 9.97 Å². The number of ether oxygens (including phenoxy) is 3. The first-order valence-corrected chi connectivity index (χ1v) is 5.59. The molecule has 1 rings (SSSR count). The number of methoxy groups -OCH3 is 1. The lowest BCUT2D eigenvalue weighted by atomic mass is 10.4. The van der Waals surface area contributed by atoms with Crippen molar-refractivity contribution in [2.75, 3.05) is 39.0 Å². The van der Waals surface area contributed by atoms with Gasteiger partial charge in [0.1, 0.15) is 6.61 Å². The first-order chi connectivity index (χ1) is 9.47. The highest BCUT2D eigenvalue weighted by molar-refractivity contribution is 5.30. The molecule has 114 valence electrons. The van der Waals surface area contributed by atoms with E-state index in [4.69, 9.17) is 20.1 Å². The molecule has 1 aromatic rings. The average Bonchev–Trinajstić information content (AvgIpc) is 2.41. The van der Waals surface area contributed by atoms with Crippen molar-refractivity contribution >= 4 is 5.95 Å². The van der Waals surface area contributed by atoms with Crippen LogP contribution in [0, 0.1) is 0 Å². The molecule has 0 aliphatic rings. The van der Waals surface area contributed by atoms with Crippen molar-refractivity contribution < 1.29 is 27.4 Å². The molecule has 1 aromatic heterocycles. The smallest absolute Gasteiger partial charge is 0.433 e. The van der Waals surface area contributed by atoms with Gasteiger partial charge < -0.3 is 14.2 Å². The SMILES string of the molecule is COCCOCCOc1cc(C(F)(F)F)nc(NN)n1. The van der Waals surface area contributed by atoms with Crippen LogP contribution >= 0.6 is 0 Å². The predicted molar refractivity (Wildman–Crippen MR) is 63.0 cm³/mol. The van der Waals surface area contributed by atoms with Gasteiger partial charge in [0.15, 0.2) is 5.69 Å². The summed E-state index contributed by atoms with van der Waals surface area (Å²) in [7, 11) is 1.53. The molecule has 0 fully saturated rings. The lowest BCUT2D eigenvalue weighted by Gasteiger charge is -2.11. The van der Waals surface area contributed by atoms with Crippen molar-refractivity contribution in [1.82, 2.24) is 9.97 Å². The quantitative estimate of drug-likeness (QED) is 0.417. The molecule has 20 heavy (non-hydrogen) atoms. The summed E-state index contributed by atoms with van der Waals surface area (Å²) >= 11 is 0. The third kappa shape index (κ3) is 5.55. The zero-order valence-electron chi connectivity index (χ0n) is 10.7. The van der Waals surface area contributed by atoms with Gasteiger partial charge in [-0.3, -0.25) is 5.43 Å². The van der Waals surface area contributed by atoms with Crippen LogP contribution in [0.1, 0.15) is 5.69 Å². The Bertz CT molecular complexity index is 417. The Balaban J connectivity index is 2.56. The van der Waals surface area contributed by atoms with E-state index in [1.54, 1.807) is 0 Å². The molecule has 0 saturated carbocycles. The third-order valence-electron chi connectivity index (χ3n) is 2.03. The average molecular weight is 296 g/mol. The highest BCUT2D eigenvalue weighted by atomic mass is 19.4. The second-order valence-corrected chi connectivity index (χ2v) is 3.51. The zero-order valence-corrected chi connectivity index (χ0v) is 10.7. The highest BCUT2D eigenvalue weighted by Crippen LogP contribution is 2.30. The number of hydrogen-bond acceptors (Lipinski definition) is 7. The first kappa shape index (κ1) is 16.4. The van der Waals surface area contributed by atoms with Gasteiger partial charge in [-0.15, -0.1) is 0 Å². The molecule has 0 amide bonds. The number of hydrazine groups is 1. The van der Waals surface area contributed by atoms with Gasteiger partial charge in [-0.25, -0.2) is 10.8 Å². The lowest BCUT2D eigenvalue weighted by Crippen LogP contribution is -2.17. The molecule has 0 spiro atoms. The van der Waals surface area contributed by atoms with Crippen LogP contribution in [0.2, 0.25) is 0 Å². The van der Waals surface area contributed by atoms with Crippen LogP contribution < -0.4 is 16.0 Å². The first-order valence-electron chi connectivity index (χ1n) is 5.59. The second kappa shape index (κ2) is 7.82. The van der Waals surface area contributed by atoms with Crippen LogP contribution in [0.3, 0.4) is 0 Å². The number of nitrogen functional groups attached to an aromatic ring is 1. The van der Waals surface area contributed by atoms with E-state index in [0.29, 0.717) is 19.3 Å². The van der Waals surface area contributed by atoms with Crippen molar-refractivity contribution in [2.24, 2.45) is 5.84 Å². The Hall–Kier alpha value is -1.65. The van der Waals surface area contributed by atoms with Gasteiger partial charge in [-0.2, -0.15) is 18.2 Å². The molecule has 0 atom stereocenters. The molecule has 3 N–H and O–H groups in total. The summed E-state index contributed by atoms with van der Waals surface area (Å²) in [6, 6.07) is 0.690. The molecule has 0 unspecified atom stereocenters. The number of hydrogen-bond donors (Lipinski definition) is 2. The molecule has 0 radical (unpaired) electrons. The Morgan fingerprint density at radius 2 is 1.90 bits per heavy atom. The summed E-state index contributed by atoms with van der Waals surface area (Å²) in [5.74, 6) is 4.38. The number of nitrogens with two attached hydrogens (primary N) is 1. The number of halogens is 3. The Morgan fingerprint density at radius 1 is 1.20 bits per heavy atom. The van der Waals surface area contributed by atoms with Gasteiger partial charge in [0.05, 0.1) is 19.8 Å². The Kier molecular flexibility index (Phi) is 6.42. The molecule has 1 heterocycles. The van der Waals surface area contributed by atoms with Gasteiger partial charge in [0, 0.05) is 13.2 Å². The van der Waals surface area contributed by atoms with Gasteiger partial charge >= 0.3 is 6.18 Å². The van der Waals surface area contributed by atoms with Crippen molar-refractivity contribution in [3.63, 3.8) is 0 Å². The topological polar surface area (TPSA) is 91.5 Å². The third-order valence-corrected chi connectivity index (χ3v) is 2.03. The van der Waals surface area contributed by atoms with Crippen LogP contribution in [-0.2, 0) is 15.7 Å². The zero-order chi connectivity index (χ0) is 15.0. The molecule has 10 heteroatoms. The van der Waals surface area contributed by atoms with Gasteiger partial charge in [0.2, 0.25) is 11.8 Å². The summed E-state index contributed by atoms with van der Waals surface area (Å²) in [6.07, 6.45) is -4.61. The van der Waals surface area contributed by atoms with E-state index in [9.17, 15) is 13.2 Å². The summed E-state index contributed by atoms with van der Waals surface area (Å²) in [4.78, 5) is 6.84. The van der Waals surface area contributed by atoms with E-state index in [1.807, 2.05) is 5.43 Å². The maximum absolute atomic E-state index is 12.6. The number of nitrogens with zero attached hydrogens (tertiary/aromatic N) is 2. The van der Waals surface area contributed by atoms with Gasteiger partial charge in [-0.1, -0.05) is 0 Å². The van der Waals surface area contributed by atoms with Crippen molar-refractivity contribution in [2.45, 2.75) is 6.18 Å². The molecule has 0 aromatic carbocycles. The predicted octanol–water partition coefficient (Wildman–Crippen LogP) is 0.823. The maximum Gasteiger partial charge on any atom is 0.433 e. The summed E-state index contributed by atoms with van der Waals surface area (Å²) in [5.41, 5.74) is 0.805. The number of nitrogens with one attached hydrogen (secondary N) is 1. The van der Waals surface area contributed by atoms with Crippen LogP contribution in [0.25, 0.3) is 0 Å². The number of aromatic nitrogens is 2. The van der Waals surface area contributed by atoms with E-state index in [1.165, 1.54) is 7.11 Å². The number of alkyl halides is 3. The molecule has 0 saturated heterocycles. The van der Waals surface area contributed by atoms with E-state index in [-0.39, 0.29) is 25.0 Å². The Labute approximate surface area is 113 Å². The fourth-order valence-corrected chi connectivity index (χ4v) is 1.16. The fraction of sp³-hybridized carbons (Fsp3) is 0.600. The maximum atomic E-state index is 12.6. The normalized spacial score (nSPS) is 11.4. The van der Waals surface area contributed by atoms with E-state index < -0.39 is 11.9 Å². The van der Waals surface area contributed by atoms with E-state index in [0.717, 1.165) is 0 Å². The van der Waals surface area contributed by atoms with E-state index >= 15 is 0 Å². The van der Waals surface area contributed by atoms with Crippen molar-refractivity contribution in [1.29, 1.82) is 0 Å².